The van der Waals surface area contributed by atoms with Gasteiger partial charge in [0.25, 0.3) is 0 Å². The molecular formula is C22H20ClFN6S. The lowest BCUT2D eigenvalue weighted by atomic mass is 10.2. The summed E-state index contributed by atoms with van der Waals surface area (Å²) in [6.07, 6.45) is 4.04. The fourth-order valence-electron chi connectivity index (χ4n) is 3.62. The molecule has 1 aliphatic rings. The van der Waals surface area contributed by atoms with Crippen LogP contribution in [-0.2, 0) is 6.54 Å². The molecule has 0 radical (unpaired) electrons. The molecule has 0 spiro atoms. The Morgan fingerprint density at radius 2 is 1.77 bits per heavy atom. The summed E-state index contributed by atoms with van der Waals surface area (Å²) >= 11 is 7.33. The molecule has 31 heavy (non-hydrogen) atoms. The predicted molar refractivity (Wildman–Crippen MR) is 124 cm³/mol. The van der Waals surface area contributed by atoms with Gasteiger partial charge in [-0.3, -0.25) is 4.90 Å². The number of aromatic nitrogens is 3. The van der Waals surface area contributed by atoms with Crippen LogP contribution in [0.15, 0.2) is 48.8 Å². The van der Waals surface area contributed by atoms with Crippen molar-refractivity contribution in [2.75, 3.05) is 23.7 Å². The lowest BCUT2D eigenvalue weighted by Crippen LogP contribution is -2.18. The predicted octanol–water partition coefficient (Wildman–Crippen LogP) is 5.96. The largest absolute Gasteiger partial charge is 0.339 e. The molecule has 6 nitrogen and oxygen atoms in total. The van der Waals surface area contributed by atoms with E-state index in [0.29, 0.717) is 17.2 Å². The van der Waals surface area contributed by atoms with E-state index in [9.17, 15) is 4.39 Å². The van der Waals surface area contributed by atoms with Gasteiger partial charge in [-0.05, 0) is 61.8 Å². The zero-order valence-electron chi connectivity index (χ0n) is 16.6. The number of hydrogen-bond donors (Lipinski definition) is 2. The number of nitrogens with one attached hydrogen (secondary N) is 2. The molecule has 2 aromatic carbocycles. The van der Waals surface area contributed by atoms with Crippen molar-refractivity contribution in [1.29, 1.82) is 0 Å². The lowest BCUT2D eigenvalue weighted by molar-refractivity contribution is 0.331. The van der Waals surface area contributed by atoms with E-state index in [-0.39, 0.29) is 5.02 Å². The van der Waals surface area contributed by atoms with Crippen LogP contribution in [0.1, 0.15) is 18.4 Å². The van der Waals surface area contributed by atoms with Gasteiger partial charge in [-0.2, -0.15) is 4.98 Å². The molecule has 4 aromatic rings. The standard InChI is InChI=1S/C22H20ClFN6S/c23-17-11-16(7-8-18(17)24)27-20-19-21(26-13-25-20)29-22(31-19)28-15-5-3-14(4-6-15)12-30-9-1-2-10-30/h3-8,11,13H,1-2,9-10,12H2,(H2,25,26,27,28,29). The molecule has 0 bridgehead atoms. The third-order valence-electron chi connectivity index (χ3n) is 5.18. The number of thiazole rings is 1. The van der Waals surface area contributed by atoms with Gasteiger partial charge in [0, 0.05) is 17.9 Å². The number of anilines is 4. The highest BCUT2D eigenvalue weighted by molar-refractivity contribution is 7.22. The van der Waals surface area contributed by atoms with E-state index in [1.54, 1.807) is 6.07 Å². The summed E-state index contributed by atoms with van der Waals surface area (Å²) in [4.78, 5) is 15.6. The van der Waals surface area contributed by atoms with Crippen LogP contribution in [-0.4, -0.2) is 32.9 Å². The first-order chi connectivity index (χ1) is 15.1. The number of likely N-dealkylation sites (tertiary alicyclic amines) is 1. The normalized spacial score (nSPS) is 14.3. The summed E-state index contributed by atoms with van der Waals surface area (Å²) in [7, 11) is 0. The maximum atomic E-state index is 13.4. The summed E-state index contributed by atoms with van der Waals surface area (Å²) in [6, 6.07) is 12.9. The third kappa shape index (κ3) is 4.61. The van der Waals surface area contributed by atoms with Crippen molar-refractivity contribution in [3.8, 4) is 0 Å². The number of halogens is 2. The Morgan fingerprint density at radius 1 is 1.00 bits per heavy atom. The van der Waals surface area contributed by atoms with Crippen molar-refractivity contribution < 1.29 is 4.39 Å². The number of benzene rings is 2. The Kier molecular flexibility index (Phi) is 5.67. The molecule has 0 unspecified atom stereocenters. The highest BCUT2D eigenvalue weighted by Crippen LogP contribution is 2.33. The van der Waals surface area contributed by atoms with Gasteiger partial charge in [-0.1, -0.05) is 35.1 Å². The SMILES string of the molecule is Fc1ccc(Nc2ncnc3nc(Nc4ccc(CN5CCCC5)cc4)sc23)cc1Cl. The van der Waals surface area contributed by atoms with Crippen LogP contribution in [0.25, 0.3) is 10.3 Å². The van der Waals surface area contributed by atoms with Crippen LogP contribution in [0.5, 0.6) is 0 Å². The van der Waals surface area contributed by atoms with Crippen LogP contribution < -0.4 is 10.6 Å². The topological polar surface area (TPSA) is 66.0 Å². The second-order valence-corrected chi connectivity index (χ2v) is 8.86. The van der Waals surface area contributed by atoms with Gasteiger partial charge < -0.3 is 10.6 Å². The monoisotopic (exact) mass is 454 g/mol. The van der Waals surface area contributed by atoms with Crippen molar-refractivity contribution in [1.82, 2.24) is 19.9 Å². The Balaban J connectivity index is 1.32. The minimum absolute atomic E-state index is 0.0511. The zero-order chi connectivity index (χ0) is 21.2. The van der Waals surface area contributed by atoms with Gasteiger partial charge in [-0.25, -0.2) is 14.4 Å². The first-order valence-corrected chi connectivity index (χ1v) is 11.3. The van der Waals surface area contributed by atoms with Gasteiger partial charge in [0.05, 0.1) is 5.02 Å². The molecule has 1 aliphatic heterocycles. The molecular weight excluding hydrogens is 435 g/mol. The Labute approximate surface area is 188 Å². The maximum absolute atomic E-state index is 13.4. The Bertz CT molecular complexity index is 1210. The Morgan fingerprint density at radius 3 is 2.55 bits per heavy atom. The van der Waals surface area contributed by atoms with Crippen molar-refractivity contribution in [3.63, 3.8) is 0 Å². The number of rotatable bonds is 6. The van der Waals surface area contributed by atoms with E-state index in [0.717, 1.165) is 22.1 Å². The molecule has 3 heterocycles. The van der Waals surface area contributed by atoms with E-state index in [2.05, 4.69) is 54.8 Å². The average Bonchev–Trinajstić information content (AvgIpc) is 3.42. The van der Waals surface area contributed by atoms with E-state index in [4.69, 9.17) is 11.6 Å². The van der Waals surface area contributed by atoms with Crippen molar-refractivity contribution in [2.45, 2.75) is 19.4 Å². The van der Waals surface area contributed by atoms with Crippen LogP contribution in [0.4, 0.5) is 26.7 Å². The van der Waals surface area contributed by atoms with Crippen LogP contribution in [0, 0.1) is 5.82 Å². The summed E-state index contributed by atoms with van der Waals surface area (Å²) in [5, 5.41) is 7.30. The van der Waals surface area contributed by atoms with Crippen LogP contribution in [0.2, 0.25) is 5.02 Å². The van der Waals surface area contributed by atoms with E-state index >= 15 is 0 Å². The molecule has 9 heteroatoms. The average molecular weight is 455 g/mol. The first-order valence-electron chi connectivity index (χ1n) is 10.1. The van der Waals surface area contributed by atoms with Gasteiger partial charge in [-0.15, -0.1) is 0 Å². The molecule has 2 N–H and O–H groups in total. The first kappa shape index (κ1) is 20.1. The second-order valence-electron chi connectivity index (χ2n) is 7.45. The fraction of sp³-hybridized carbons (Fsp3) is 0.227. The molecule has 1 saturated heterocycles. The molecule has 158 valence electrons. The Hall–Kier alpha value is -2.81. The minimum Gasteiger partial charge on any atom is -0.339 e. The van der Waals surface area contributed by atoms with Gasteiger partial charge in [0.15, 0.2) is 16.6 Å². The molecule has 1 fully saturated rings. The van der Waals surface area contributed by atoms with Gasteiger partial charge in [0.2, 0.25) is 0 Å². The zero-order valence-corrected chi connectivity index (χ0v) is 18.2. The maximum Gasteiger partial charge on any atom is 0.189 e. The minimum atomic E-state index is -0.462. The number of hydrogen-bond acceptors (Lipinski definition) is 7. The summed E-state index contributed by atoms with van der Waals surface area (Å²) in [5.74, 6) is 0.134. The van der Waals surface area contributed by atoms with E-state index in [1.807, 2.05) is 0 Å². The van der Waals surface area contributed by atoms with E-state index < -0.39 is 5.82 Å². The molecule has 0 amide bonds. The van der Waals surface area contributed by atoms with E-state index in [1.165, 1.54) is 61.3 Å². The summed E-state index contributed by atoms with van der Waals surface area (Å²) in [5.41, 5.74) is 3.51. The van der Waals surface area contributed by atoms with Crippen LogP contribution in [0.3, 0.4) is 0 Å². The number of fused-ring (bicyclic) bond motifs is 1. The third-order valence-corrected chi connectivity index (χ3v) is 6.44. The fourth-order valence-corrected chi connectivity index (χ4v) is 4.69. The molecule has 0 saturated carbocycles. The van der Waals surface area contributed by atoms with Crippen LogP contribution >= 0.6 is 22.9 Å². The smallest absolute Gasteiger partial charge is 0.189 e. The van der Waals surface area contributed by atoms with Gasteiger partial charge >= 0.3 is 0 Å². The second kappa shape index (κ2) is 8.74. The summed E-state index contributed by atoms with van der Waals surface area (Å²) in [6.45, 7) is 3.37. The molecule has 0 aliphatic carbocycles. The van der Waals surface area contributed by atoms with Crippen molar-refractivity contribution in [3.05, 3.63) is 65.2 Å². The number of nitrogens with zero attached hydrogens (tertiary/aromatic N) is 4. The lowest BCUT2D eigenvalue weighted by Gasteiger charge is -2.14. The summed E-state index contributed by atoms with van der Waals surface area (Å²) < 4.78 is 14.2. The van der Waals surface area contributed by atoms with Gasteiger partial charge in [0.1, 0.15) is 16.8 Å². The highest BCUT2D eigenvalue weighted by atomic mass is 35.5. The van der Waals surface area contributed by atoms with Crippen molar-refractivity contribution >= 4 is 55.6 Å². The molecule has 0 atom stereocenters. The molecule has 2 aromatic heterocycles. The quantitative estimate of drug-likeness (QED) is 0.374. The highest BCUT2D eigenvalue weighted by Gasteiger charge is 2.13. The molecule has 5 rings (SSSR count). The van der Waals surface area contributed by atoms with Crippen molar-refractivity contribution in [2.24, 2.45) is 0 Å².